The molecule has 0 bridgehead atoms. The first-order chi connectivity index (χ1) is 18.4. The first kappa shape index (κ1) is 27.9. The smallest absolute Gasteiger partial charge is 0.198 e. The summed E-state index contributed by atoms with van der Waals surface area (Å²) in [5.74, 6) is 1.50. The number of aromatic nitrogens is 2. The summed E-state index contributed by atoms with van der Waals surface area (Å²) >= 11 is 2.93. The molecule has 0 unspecified atom stereocenters. The van der Waals surface area contributed by atoms with Crippen LogP contribution in [0.15, 0.2) is 81.1 Å². The number of allylic oxidation sites excluding steroid dienone is 2. The molecule has 3 heterocycles. The number of hydrogen-bond donors (Lipinski definition) is 1. The fraction of sp³-hybridized carbons (Fsp3) is 0.276. The van der Waals surface area contributed by atoms with Crippen LogP contribution >= 0.6 is 23.5 Å². The average molecular weight is 550 g/mol. The van der Waals surface area contributed by atoms with Crippen LogP contribution in [0.5, 0.6) is 11.5 Å². The topological polar surface area (TPSA) is 76.6 Å². The number of piperidine rings is 1. The van der Waals surface area contributed by atoms with Crippen molar-refractivity contribution < 1.29 is 9.13 Å². The molecular weight excluding hydrogens is 517 g/mol. The van der Waals surface area contributed by atoms with Crippen LogP contribution in [0.3, 0.4) is 0 Å². The molecule has 1 saturated heterocycles. The predicted molar refractivity (Wildman–Crippen MR) is 157 cm³/mol. The van der Waals surface area contributed by atoms with Gasteiger partial charge in [-0.05, 0) is 100 Å². The Hall–Kier alpha value is -3.14. The SMILES string of the molecule is C/C=C\c1nccc(Sc2cnc(/N=C(/N)S/C=C/C3CCN(C)CC3)c(Oc3ccc(F)cc3)c2)c1C. The molecule has 38 heavy (non-hydrogen) atoms. The van der Waals surface area contributed by atoms with Crippen molar-refractivity contribution in [1.82, 2.24) is 14.9 Å². The molecule has 1 aliphatic rings. The van der Waals surface area contributed by atoms with E-state index >= 15 is 0 Å². The number of benzene rings is 1. The van der Waals surface area contributed by atoms with Crippen molar-refractivity contribution in [3.8, 4) is 11.5 Å². The number of rotatable bonds is 8. The van der Waals surface area contributed by atoms with Crippen molar-refractivity contribution in [3.05, 3.63) is 83.4 Å². The quantitative estimate of drug-likeness (QED) is 0.231. The summed E-state index contributed by atoms with van der Waals surface area (Å²) in [6, 6.07) is 9.70. The van der Waals surface area contributed by atoms with Gasteiger partial charge in [0.25, 0.3) is 0 Å². The van der Waals surface area contributed by atoms with E-state index in [4.69, 9.17) is 10.5 Å². The van der Waals surface area contributed by atoms with E-state index in [0.29, 0.717) is 28.4 Å². The van der Waals surface area contributed by atoms with Crippen molar-refractivity contribution in [2.24, 2.45) is 16.6 Å². The highest BCUT2D eigenvalue weighted by atomic mass is 32.2. The molecule has 2 aromatic heterocycles. The van der Waals surface area contributed by atoms with Crippen molar-refractivity contribution in [2.75, 3.05) is 20.1 Å². The highest BCUT2D eigenvalue weighted by Crippen LogP contribution is 2.38. The Morgan fingerprint density at radius 1 is 1.18 bits per heavy atom. The van der Waals surface area contributed by atoms with Gasteiger partial charge in [0.1, 0.15) is 11.6 Å². The van der Waals surface area contributed by atoms with Gasteiger partial charge in [0.05, 0.1) is 5.69 Å². The summed E-state index contributed by atoms with van der Waals surface area (Å²) in [5, 5.41) is 2.38. The molecule has 1 aromatic carbocycles. The third kappa shape index (κ3) is 7.93. The van der Waals surface area contributed by atoms with Gasteiger partial charge in [-0.2, -0.15) is 0 Å². The number of hydrogen-bond acceptors (Lipinski definition) is 7. The van der Waals surface area contributed by atoms with Crippen LogP contribution in [0.1, 0.15) is 31.0 Å². The minimum Gasteiger partial charge on any atom is -0.453 e. The molecule has 0 spiro atoms. The van der Waals surface area contributed by atoms with Gasteiger partial charge in [-0.25, -0.2) is 14.4 Å². The van der Waals surface area contributed by atoms with Crippen molar-refractivity contribution in [3.63, 3.8) is 0 Å². The molecule has 3 aromatic rings. The first-order valence-corrected chi connectivity index (χ1v) is 14.2. The zero-order chi connectivity index (χ0) is 26.9. The molecule has 0 atom stereocenters. The molecular formula is C29H32FN5OS2. The number of amidine groups is 1. The van der Waals surface area contributed by atoms with Crippen LogP contribution in [0, 0.1) is 18.7 Å². The number of likely N-dealkylation sites (tertiary alicyclic amines) is 1. The second-order valence-corrected chi connectivity index (χ2v) is 11.0. The maximum Gasteiger partial charge on any atom is 0.198 e. The summed E-state index contributed by atoms with van der Waals surface area (Å²) in [7, 11) is 2.15. The summed E-state index contributed by atoms with van der Waals surface area (Å²) in [5.41, 5.74) is 8.24. The number of halogens is 1. The molecule has 0 saturated carbocycles. The normalized spacial score (nSPS) is 15.5. The van der Waals surface area contributed by atoms with Crippen molar-refractivity contribution in [1.29, 1.82) is 0 Å². The van der Waals surface area contributed by atoms with E-state index in [0.717, 1.165) is 47.0 Å². The minimum absolute atomic E-state index is 0.333. The minimum atomic E-state index is -0.333. The standard InChI is InChI=1S/C29H32FN5OS2/c1-4-5-25-20(2)27(10-14-32-25)38-24-18-26(36-23-8-6-22(30)7-9-23)28(33-19-24)34-29(31)37-17-13-21-11-15-35(3)16-12-21/h4-10,13-14,17-19,21H,11-12,15-16H2,1-3H3,(H2,31,33,34)/b5-4-,17-13+. The van der Waals surface area contributed by atoms with Crippen molar-refractivity contribution >= 4 is 40.6 Å². The van der Waals surface area contributed by atoms with Gasteiger partial charge in [-0.15, -0.1) is 0 Å². The van der Waals surface area contributed by atoms with Gasteiger partial charge >= 0.3 is 0 Å². The highest BCUT2D eigenvalue weighted by molar-refractivity contribution is 8.16. The first-order valence-electron chi connectivity index (χ1n) is 12.5. The molecule has 4 rings (SSSR count). The summed E-state index contributed by atoms with van der Waals surface area (Å²) < 4.78 is 19.5. The number of ether oxygens (including phenoxy) is 1. The summed E-state index contributed by atoms with van der Waals surface area (Å²) in [4.78, 5) is 17.8. The Labute approximate surface area is 232 Å². The van der Waals surface area contributed by atoms with E-state index in [1.807, 2.05) is 43.5 Å². The lowest BCUT2D eigenvalue weighted by molar-refractivity contribution is 0.244. The van der Waals surface area contributed by atoms with E-state index in [1.165, 1.54) is 23.9 Å². The summed E-state index contributed by atoms with van der Waals surface area (Å²) in [6.07, 6.45) is 12.0. The predicted octanol–water partition coefficient (Wildman–Crippen LogP) is 7.44. The zero-order valence-electron chi connectivity index (χ0n) is 21.8. The third-order valence-electron chi connectivity index (χ3n) is 6.11. The van der Waals surface area contributed by atoms with Gasteiger partial charge in [-0.3, -0.25) is 4.98 Å². The maximum atomic E-state index is 13.4. The Morgan fingerprint density at radius 2 is 1.95 bits per heavy atom. The molecule has 0 aliphatic carbocycles. The second kappa shape index (κ2) is 13.6. The van der Waals surface area contributed by atoms with E-state index in [9.17, 15) is 4.39 Å². The maximum absolute atomic E-state index is 13.4. The number of thioether (sulfide) groups is 1. The molecule has 0 radical (unpaired) electrons. The Bertz CT molecular complexity index is 1320. The van der Waals surface area contributed by atoms with E-state index < -0.39 is 0 Å². The van der Waals surface area contributed by atoms with Crippen LogP contribution < -0.4 is 10.5 Å². The van der Waals surface area contributed by atoms with Gasteiger partial charge in [0.15, 0.2) is 16.7 Å². The lowest BCUT2D eigenvalue weighted by Crippen LogP contribution is -2.29. The molecule has 6 nitrogen and oxygen atoms in total. The molecule has 1 fully saturated rings. The van der Waals surface area contributed by atoms with Crippen molar-refractivity contribution in [2.45, 2.75) is 36.5 Å². The van der Waals surface area contributed by atoms with Crippen LogP contribution in [0.25, 0.3) is 6.08 Å². The van der Waals surface area contributed by atoms with Crippen LogP contribution in [-0.4, -0.2) is 40.2 Å². The van der Waals surface area contributed by atoms with Gasteiger partial charge in [0.2, 0.25) is 0 Å². The third-order valence-corrected chi connectivity index (χ3v) is 7.86. The largest absolute Gasteiger partial charge is 0.453 e. The molecule has 1 aliphatic heterocycles. The second-order valence-electron chi connectivity index (χ2n) is 9.01. The number of nitrogens with two attached hydrogens (primary N) is 1. The fourth-order valence-electron chi connectivity index (χ4n) is 3.93. The van der Waals surface area contributed by atoms with E-state index in [1.54, 1.807) is 36.3 Å². The van der Waals surface area contributed by atoms with Gasteiger partial charge < -0.3 is 15.4 Å². The number of nitrogens with zero attached hydrogens (tertiary/aromatic N) is 4. The molecule has 9 heteroatoms. The monoisotopic (exact) mass is 549 g/mol. The van der Waals surface area contributed by atoms with Crippen LogP contribution in [0.2, 0.25) is 0 Å². The molecule has 2 N–H and O–H groups in total. The van der Waals surface area contributed by atoms with Crippen LogP contribution in [0.4, 0.5) is 10.2 Å². The Balaban J connectivity index is 1.56. The Morgan fingerprint density at radius 3 is 2.68 bits per heavy atom. The number of pyridine rings is 2. The lowest BCUT2D eigenvalue weighted by atomic mass is 9.98. The zero-order valence-corrected chi connectivity index (χ0v) is 23.4. The van der Waals surface area contributed by atoms with Crippen LogP contribution in [-0.2, 0) is 0 Å². The Kier molecular flexibility index (Phi) is 9.98. The number of aliphatic imine (C=N–C) groups is 1. The van der Waals surface area contributed by atoms with Gasteiger partial charge in [0, 0.05) is 28.3 Å². The lowest BCUT2D eigenvalue weighted by Gasteiger charge is -2.26. The highest BCUT2D eigenvalue weighted by Gasteiger charge is 2.14. The fourth-order valence-corrected chi connectivity index (χ4v) is 5.42. The molecule has 0 amide bonds. The van der Waals surface area contributed by atoms with Gasteiger partial charge in [-0.1, -0.05) is 35.7 Å². The average Bonchev–Trinajstić information content (AvgIpc) is 2.90. The van der Waals surface area contributed by atoms with E-state index in [2.05, 4.69) is 33.0 Å². The summed E-state index contributed by atoms with van der Waals surface area (Å²) in [6.45, 7) is 6.23. The molecule has 198 valence electrons. The van der Waals surface area contributed by atoms with E-state index in [-0.39, 0.29) is 5.82 Å².